The van der Waals surface area contributed by atoms with Gasteiger partial charge in [0.15, 0.2) is 6.10 Å². The summed E-state index contributed by atoms with van der Waals surface area (Å²) in [6, 6.07) is 0. The van der Waals surface area contributed by atoms with E-state index in [-0.39, 0.29) is 31.1 Å². The maximum atomic E-state index is 13.0. The van der Waals surface area contributed by atoms with Gasteiger partial charge in [-0.15, -0.1) is 0 Å². The molecule has 486 valence electrons. The van der Waals surface area contributed by atoms with Crippen LogP contribution in [0.5, 0.6) is 0 Å². The van der Waals surface area contributed by atoms with Crippen LogP contribution in [0, 0.1) is 0 Å². The first-order chi connectivity index (χ1) is 40.5. The molecule has 0 fully saturated rings. The molecule has 0 amide bonds. The van der Waals surface area contributed by atoms with Gasteiger partial charge in [0, 0.05) is 19.3 Å². The molecule has 0 radical (unpaired) electrons. The number of carbonyl (C=O) groups is 3. The smallest absolute Gasteiger partial charge is 0.306 e. The quantitative estimate of drug-likeness (QED) is 0.0261. The van der Waals surface area contributed by atoms with Crippen LogP contribution in [0.2, 0.25) is 0 Å². The second kappa shape index (κ2) is 71.6. The van der Waals surface area contributed by atoms with Gasteiger partial charge in [0.05, 0.1) is 0 Å². The summed E-state index contributed by atoms with van der Waals surface area (Å²) < 4.78 is 17.1. The Balaban J connectivity index is 4.26. The van der Waals surface area contributed by atoms with Crippen molar-refractivity contribution in [1.82, 2.24) is 0 Å². The van der Waals surface area contributed by atoms with Gasteiger partial charge in [-0.3, -0.25) is 14.4 Å². The normalized spacial score (nSPS) is 12.0. The monoisotopic (exact) mass is 1160 g/mol. The molecule has 6 nitrogen and oxygen atoms in total. The molecule has 0 N–H and O–H groups in total. The molecule has 0 aromatic rings. The van der Waals surface area contributed by atoms with Crippen molar-refractivity contribution in [3.63, 3.8) is 0 Å². The molecule has 0 aromatic heterocycles. The van der Waals surface area contributed by atoms with Crippen LogP contribution in [0.15, 0.2) is 12.2 Å². The molecule has 0 aliphatic rings. The molecule has 6 heteroatoms. The predicted octanol–water partition coefficient (Wildman–Crippen LogP) is 26.0. The first-order valence-corrected chi connectivity index (χ1v) is 37.7. The zero-order chi connectivity index (χ0) is 59.2. The molecule has 1 atom stereocenters. The van der Waals surface area contributed by atoms with Crippen LogP contribution in [0.1, 0.15) is 438 Å². The fraction of sp³-hybridized carbons (Fsp3) is 0.934. The molecule has 0 aromatic carbocycles. The lowest BCUT2D eigenvalue weighted by Crippen LogP contribution is -2.30. The highest BCUT2D eigenvalue weighted by atomic mass is 16.6. The molecular formula is C76H146O6. The number of esters is 3. The first kappa shape index (κ1) is 80.2. The van der Waals surface area contributed by atoms with E-state index in [9.17, 15) is 14.4 Å². The summed E-state index contributed by atoms with van der Waals surface area (Å²) in [6.07, 6.45) is 86.8. The molecule has 0 rings (SSSR count). The lowest BCUT2D eigenvalue weighted by Gasteiger charge is -2.18. The zero-order valence-corrected chi connectivity index (χ0v) is 56.1. The highest BCUT2D eigenvalue weighted by Crippen LogP contribution is 2.20. The van der Waals surface area contributed by atoms with Crippen LogP contribution in [-0.2, 0) is 28.6 Å². The number of allylic oxidation sites excluding steroid dienone is 2. The number of unbranched alkanes of at least 4 members (excludes halogenated alkanes) is 58. The average Bonchev–Trinajstić information content (AvgIpc) is 3.47. The number of hydrogen-bond acceptors (Lipinski definition) is 6. The van der Waals surface area contributed by atoms with E-state index in [2.05, 4.69) is 32.9 Å². The summed E-state index contributed by atoms with van der Waals surface area (Å²) in [6.45, 7) is 6.74. The van der Waals surface area contributed by atoms with Crippen LogP contribution in [0.3, 0.4) is 0 Å². The molecule has 0 aliphatic carbocycles. The van der Waals surface area contributed by atoms with Crippen molar-refractivity contribution >= 4 is 17.9 Å². The number of rotatable bonds is 71. The minimum atomic E-state index is -0.769. The minimum Gasteiger partial charge on any atom is -0.462 e. The second-order valence-electron chi connectivity index (χ2n) is 25.9. The van der Waals surface area contributed by atoms with Gasteiger partial charge in [-0.1, -0.05) is 386 Å². The van der Waals surface area contributed by atoms with Crippen molar-refractivity contribution in [2.45, 2.75) is 444 Å². The molecule has 0 saturated heterocycles. The average molecular weight is 1160 g/mol. The van der Waals surface area contributed by atoms with Crippen molar-refractivity contribution < 1.29 is 28.6 Å². The maximum Gasteiger partial charge on any atom is 0.306 e. The van der Waals surface area contributed by atoms with Gasteiger partial charge in [0.1, 0.15) is 13.2 Å². The van der Waals surface area contributed by atoms with E-state index in [0.29, 0.717) is 19.3 Å². The Morgan fingerprint density at radius 3 is 0.610 bits per heavy atom. The molecule has 82 heavy (non-hydrogen) atoms. The van der Waals surface area contributed by atoms with E-state index in [4.69, 9.17) is 14.2 Å². The molecular weight excluding hydrogens is 1010 g/mol. The van der Waals surface area contributed by atoms with Crippen molar-refractivity contribution in [3.8, 4) is 0 Å². The van der Waals surface area contributed by atoms with E-state index in [1.54, 1.807) is 0 Å². The van der Waals surface area contributed by atoms with Gasteiger partial charge in [-0.05, 0) is 44.9 Å². The Morgan fingerprint density at radius 2 is 0.402 bits per heavy atom. The summed E-state index contributed by atoms with van der Waals surface area (Å²) in [4.78, 5) is 38.6. The maximum absolute atomic E-state index is 13.0. The van der Waals surface area contributed by atoms with Gasteiger partial charge in [0.2, 0.25) is 0 Å². The minimum absolute atomic E-state index is 0.0639. The fourth-order valence-corrected chi connectivity index (χ4v) is 11.9. The van der Waals surface area contributed by atoms with E-state index in [1.165, 1.54) is 340 Å². The number of carbonyl (C=O) groups excluding carboxylic acids is 3. The number of ether oxygens (including phenoxy) is 3. The third kappa shape index (κ3) is 68.9. The summed E-state index contributed by atoms with van der Waals surface area (Å²) in [5, 5.41) is 0. The van der Waals surface area contributed by atoms with Crippen molar-refractivity contribution in [2.75, 3.05) is 13.2 Å². The zero-order valence-electron chi connectivity index (χ0n) is 56.1. The van der Waals surface area contributed by atoms with Crippen molar-refractivity contribution in [1.29, 1.82) is 0 Å². The van der Waals surface area contributed by atoms with E-state index in [1.807, 2.05) is 0 Å². The van der Waals surface area contributed by atoms with Gasteiger partial charge in [-0.25, -0.2) is 0 Å². The lowest BCUT2D eigenvalue weighted by atomic mass is 10.0. The Hall–Kier alpha value is -1.85. The summed E-state index contributed by atoms with van der Waals surface area (Å²) in [5.74, 6) is -0.827. The van der Waals surface area contributed by atoms with E-state index >= 15 is 0 Å². The van der Waals surface area contributed by atoms with Crippen molar-refractivity contribution in [2.24, 2.45) is 0 Å². The van der Waals surface area contributed by atoms with E-state index < -0.39 is 6.10 Å². The van der Waals surface area contributed by atoms with Crippen LogP contribution in [-0.4, -0.2) is 37.2 Å². The molecule has 0 bridgehead atoms. The fourth-order valence-electron chi connectivity index (χ4n) is 11.9. The summed E-state index contributed by atoms with van der Waals surface area (Å²) >= 11 is 0. The highest BCUT2D eigenvalue weighted by molar-refractivity contribution is 5.71. The number of hydrogen-bond donors (Lipinski definition) is 0. The molecule has 1 unspecified atom stereocenters. The van der Waals surface area contributed by atoms with Crippen LogP contribution < -0.4 is 0 Å². The second-order valence-corrected chi connectivity index (χ2v) is 25.9. The molecule has 0 aliphatic heterocycles. The summed E-state index contributed by atoms with van der Waals surface area (Å²) in [7, 11) is 0. The molecule has 0 heterocycles. The van der Waals surface area contributed by atoms with Gasteiger partial charge < -0.3 is 14.2 Å². The lowest BCUT2D eigenvalue weighted by molar-refractivity contribution is -0.167. The molecule has 0 spiro atoms. The Bertz CT molecular complexity index is 1280. The first-order valence-electron chi connectivity index (χ1n) is 37.7. The van der Waals surface area contributed by atoms with Gasteiger partial charge in [0.25, 0.3) is 0 Å². The van der Waals surface area contributed by atoms with Crippen molar-refractivity contribution in [3.05, 3.63) is 12.2 Å². The third-order valence-corrected chi connectivity index (χ3v) is 17.5. The van der Waals surface area contributed by atoms with Gasteiger partial charge in [-0.2, -0.15) is 0 Å². The topological polar surface area (TPSA) is 78.9 Å². The largest absolute Gasteiger partial charge is 0.462 e. The van der Waals surface area contributed by atoms with Crippen LogP contribution in [0.25, 0.3) is 0 Å². The standard InChI is InChI=1S/C76H146O6/c1-4-7-10-13-16-19-22-25-28-31-34-36-38-39-41-42-45-48-51-54-57-60-63-66-69-75(78)81-72-73(71-80-74(77)68-65-62-59-56-53-50-47-44-33-30-27-24-21-18-15-12-9-6-3)82-76(79)70-67-64-61-58-55-52-49-46-43-40-37-35-32-29-26-23-20-17-14-11-8-5-2/h30,33,73H,4-29,31-32,34-72H2,1-3H3/b33-30-. The third-order valence-electron chi connectivity index (χ3n) is 17.5. The van der Waals surface area contributed by atoms with Crippen LogP contribution >= 0.6 is 0 Å². The molecule has 0 saturated carbocycles. The van der Waals surface area contributed by atoms with Gasteiger partial charge >= 0.3 is 17.9 Å². The highest BCUT2D eigenvalue weighted by Gasteiger charge is 2.20. The Labute approximate surface area is 513 Å². The van der Waals surface area contributed by atoms with E-state index in [0.717, 1.165) is 57.8 Å². The summed E-state index contributed by atoms with van der Waals surface area (Å²) in [5.41, 5.74) is 0. The van der Waals surface area contributed by atoms with Crippen LogP contribution in [0.4, 0.5) is 0 Å². The Morgan fingerprint density at radius 1 is 0.232 bits per heavy atom. The Kier molecular flexibility index (Phi) is 70.0. The predicted molar refractivity (Wildman–Crippen MR) is 358 cm³/mol. The SMILES string of the molecule is CCCCCCCCC/C=C\CCCCCCCCCC(=O)OCC(COC(=O)CCCCCCCCCCCCCCCCCCCCCCCCCC)OC(=O)CCCCCCCCCCCCCCCCCCCCCCCC.